The number of rotatable bonds is 3. The highest BCUT2D eigenvalue weighted by Crippen LogP contribution is 2.32. The third kappa shape index (κ3) is 3.04. The molecule has 0 saturated heterocycles. The first-order chi connectivity index (χ1) is 8.61. The number of hydrogen-bond donors (Lipinski definition) is 1. The Morgan fingerprint density at radius 2 is 1.95 bits per heavy atom. The second kappa shape index (κ2) is 5.43. The lowest BCUT2D eigenvalue weighted by Gasteiger charge is -2.22. The van der Waals surface area contributed by atoms with Gasteiger partial charge < -0.3 is 9.99 Å². The van der Waals surface area contributed by atoms with E-state index in [1.807, 2.05) is 0 Å². The first-order valence-electron chi connectivity index (χ1n) is 6.01. The number of likely N-dealkylation sites (N-methyl/N-ethyl adjacent to an activating group) is 1. The average molecular weight is 295 g/mol. The van der Waals surface area contributed by atoms with Gasteiger partial charge in [0.25, 0.3) is 5.91 Å². The highest BCUT2D eigenvalue weighted by Gasteiger charge is 2.34. The Bertz CT molecular complexity index is 512. The monoisotopic (exact) mass is 295 g/mol. The summed E-state index contributed by atoms with van der Waals surface area (Å²) in [6.45, 7) is 14.8. The number of nitrogens with one attached hydrogen (secondary N) is 1. The summed E-state index contributed by atoms with van der Waals surface area (Å²) in [5, 5.41) is 4.07. The topological polar surface area (TPSA) is 44.7 Å². The van der Waals surface area contributed by atoms with Gasteiger partial charge in [0.15, 0.2) is 0 Å². The van der Waals surface area contributed by atoms with E-state index in [-0.39, 0.29) is 5.91 Å². The number of amides is 1. The molecule has 1 aliphatic rings. The number of carbonyl (C=O) groups is 1. The van der Waals surface area contributed by atoms with Crippen LogP contribution in [-0.2, 0) is 4.79 Å². The van der Waals surface area contributed by atoms with Crippen LogP contribution in [0.25, 0.3) is 0 Å². The molecule has 1 aliphatic heterocycles. The largest absolute Gasteiger partial charge is 0.335 e. The van der Waals surface area contributed by atoms with E-state index in [1.165, 1.54) is 4.67 Å². The van der Waals surface area contributed by atoms with Gasteiger partial charge in [0.05, 0.1) is 8.07 Å². The van der Waals surface area contributed by atoms with E-state index in [2.05, 4.69) is 52.5 Å². The van der Waals surface area contributed by atoms with Crippen molar-refractivity contribution < 1.29 is 4.79 Å². The summed E-state index contributed by atoms with van der Waals surface area (Å²) >= 11 is 0. The quantitative estimate of drug-likeness (QED) is 0.640. The van der Waals surface area contributed by atoms with Crippen molar-refractivity contribution in [3.63, 3.8) is 0 Å². The van der Waals surface area contributed by atoms with Crippen LogP contribution in [0.5, 0.6) is 0 Å². The molecule has 1 amide bonds. The predicted molar refractivity (Wildman–Crippen MR) is 87.6 cm³/mol. The summed E-state index contributed by atoms with van der Waals surface area (Å²) in [6.07, 6.45) is 0. The molecule has 0 radical (unpaired) electrons. The van der Waals surface area contributed by atoms with Gasteiger partial charge in [-0.05, 0) is 9.39 Å². The van der Waals surface area contributed by atoms with Gasteiger partial charge >= 0.3 is 0 Å². The van der Waals surface area contributed by atoms with Crippen molar-refractivity contribution in [2.45, 2.75) is 19.6 Å². The van der Waals surface area contributed by atoms with Gasteiger partial charge in [-0.15, -0.1) is 0 Å². The van der Waals surface area contributed by atoms with E-state index < -0.39 is 8.07 Å². The minimum atomic E-state index is -1.62. The first-order valence-corrected chi connectivity index (χ1v) is 10.0. The highest BCUT2D eigenvalue weighted by atomic mass is 31.0. The molecule has 1 heterocycles. The van der Waals surface area contributed by atoms with Crippen LogP contribution >= 0.6 is 9.39 Å². The number of allylic oxidation sites excluding steroid dienone is 1. The fraction of sp³-hybridized carbons (Fsp3) is 0.385. The minimum absolute atomic E-state index is 0.112. The molecule has 0 spiro atoms. The molecule has 0 aliphatic carbocycles. The molecule has 0 aromatic rings. The van der Waals surface area contributed by atoms with Crippen molar-refractivity contribution in [3.8, 4) is 0 Å². The van der Waals surface area contributed by atoms with Crippen molar-refractivity contribution in [1.29, 1.82) is 0 Å². The molecule has 1 N–H and O–H groups in total. The van der Waals surface area contributed by atoms with Crippen LogP contribution in [0, 0.1) is 0 Å². The van der Waals surface area contributed by atoms with E-state index in [9.17, 15) is 4.79 Å². The van der Waals surface area contributed by atoms with Crippen LogP contribution in [0.3, 0.4) is 0 Å². The van der Waals surface area contributed by atoms with Gasteiger partial charge in [-0.25, -0.2) is 0 Å². The van der Waals surface area contributed by atoms with Gasteiger partial charge in [0.2, 0.25) is 0 Å². The molecule has 0 aromatic heterocycles. The third-order valence-electron chi connectivity index (χ3n) is 3.05. The van der Waals surface area contributed by atoms with Crippen LogP contribution in [-0.4, -0.2) is 38.6 Å². The molecule has 0 bridgehead atoms. The van der Waals surface area contributed by atoms with Gasteiger partial charge in [0, 0.05) is 25.2 Å². The summed E-state index contributed by atoms with van der Waals surface area (Å²) in [5.74, 6) is 0.531. The molecule has 0 saturated carbocycles. The molecular formula is C13H22N3OPSi. The standard InChI is InChI=1S/C13H22N3OPSi/c1-8-10(9(2)19(5,6)7)11(13(17)16(4)18)15-12(8)14-3/h1-2,18H2,3-7H3,(H,14,15). The van der Waals surface area contributed by atoms with Crippen molar-refractivity contribution >= 4 is 29.2 Å². The zero-order chi connectivity index (χ0) is 15.0. The molecule has 19 heavy (non-hydrogen) atoms. The second-order valence-electron chi connectivity index (χ2n) is 5.57. The maximum Gasteiger partial charge on any atom is 0.273 e. The SMILES string of the molecule is C=C1C(=NC)NC(C(=O)N(C)P)=C1C(=C)[Si](C)(C)C. The summed E-state index contributed by atoms with van der Waals surface area (Å²) < 4.78 is 1.46. The molecule has 104 valence electrons. The Kier molecular flexibility index (Phi) is 4.53. The van der Waals surface area contributed by atoms with E-state index in [1.54, 1.807) is 14.1 Å². The number of hydrogen-bond acceptors (Lipinski definition) is 2. The zero-order valence-corrected chi connectivity index (χ0v) is 14.4. The molecule has 6 heteroatoms. The summed E-state index contributed by atoms with van der Waals surface area (Å²) in [4.78, 5) is 16.4. The molecule has 1 atom stereocenters. The fourth-order valence-electron chi connectivity index (χ4n) is 1.76. The third-order valence-corrected chi connectivity index (χ3v) is 5.34. The molecule has 0 fully saturated rings. The second-order valence-corrected chi connectivity index (χ2v) is 11.4. The number of amidine groups is 1. The zero-order valence-electron chi connectivity index (χ0n) is 12.3. The lowest BCUT2D eigenvalue weighted by atomic mass is 10.1. The number of nitrogens with zero attached hydrogens (tertiary/aromatic N) is 2. The highest BCUT2D eigenvalue weighted by molar-refractivity contribution is 7.14. The van der Waals surface area contributed by atoms with E-state index >= 15 is 0 Å². The first kappa shape index (κ1) is 15.9. The molecular weight excluding hydrogens is 273 g/mol. The van der Waals surface area contributed by atoms with Crippen molar-refractivity contribution in [1.82, 2.24) is 9.99 Å². The number of aliphatic imine (C=N–C) groups is 1. The predicted octanol–water partition coefficient (Wildman–Crippen LogP) is 2.11. The fourth-order valence-corrected chi connectivity index (χ4v) is 2.92. The van der Waals surface area contributed by atoms with E-state index in [4.69, 9.17) is 0 Å². The van der Waals surface area contributed by atoms with E-state index in [0.29, 0.717) is 11.5 Å². The normalized spacial score (nSPS) is 17.8. The van der Waals surface area contributed by atoms with E-state index in [0.717, 1.165) is 16.3 Å². The van der Waals surface area contributed by atoms with Gasteiger partial charge in [-0.3, -0.25) is 9.79 Å². The van der Waals surface area contributed by atoms with Gasteiger partial charge in [0.1, 0.15) is 11.5 Å². The summed E-state index contributed by atoms with van der Waals surface area (Å²) in [5.41, 5.74) is 2.11. The summed E-state index contributed by atoms with van der Waals surface area (Å²) in [6, 6.07) is 0. The van der Waals surface area contributed by atoms with Gasteiger partial charge in [-0.1, -0.05) is 38.0 Å². The van der Waals surface area contributed by atoms with Gasteiger partial charge in [-0.2, -0.15) is 0 Å². The summed E-state index contributed by atoms with van der Waals surface area (Å²) in [7, 11) is 4.12. The Hall–Kier alpha value is -1.19. The lowest BCUT2D eigenvalue weighted by molar-refractivity contribution is -0.121. The lowest BCUT2D eigenvalue weighted by Crippen LogP contribution is -2.29. The molecule has 1 unspecified atom stereocenters. The molecule has 1 rings (SSSR count). The Morgan fingerprint density at radius 3 is 2.32 bits per heavy atom. The van der Waals surface area contributed by atoms with Crippen LogP contribution in [0.1, 0.15) is 0 Å². The van der Waals surface area contributed by atoms with Crippen LogP contribution in [0.4, 0.5) is 0 Å². The van der Waals surface area contributed by atoms with Crippen LogP contribution in [0.15, 0.2) is 40.2 Å². The minimum Gasteiger partial charge on any atom is -0.335 e. The maximum absolute atomic E-state index is 12.3. The Balaban J connectivity index is 3.39. The van der Waals surface area contributed by atoms with Crippen LogP contribution in [0.2, 0.25) is 19.6 Å². The Morgan fingerprint density at radius 1 is 1.42 bits per heavy atom. The average Bonchev–Trinajstić information content (AvgIpc) is 2.62. The van der Waals surface area contributed by atoms with Crippen molar-refractivity contribution in [3.05, 3.63) is 35.2 Å². The maximum atomic E-state index is 12.3. The molecule has 0 aromatic carbocycles. The molecule has 4 nitrogen and oxygen atoms in total. The van der Waals surface area contributed by atoms with Crippen molar-refractivity contribution in [2.24, 2.45) is 4.99 Å². The Labute approximate surface area is 118 Å². The number of carbonyl (C=O) groups excluding carboxylic acids is 1. The van der Waals surface area contributed by atoms with Crippen LogP contribution < -0.4 is 5.32 Å². The van der Waals surface area contributed by atoms with Crippen molar-refractivity contribution in [2.75, 3.05) is 14.1 Å². The smallest absolute Gasteiger partial charge is 0.273 e.